The van der Waals surface area contributed by atoms with Crippen LogP contribution in [0.1, 0.15) is 69.7 Å². The van der Waals surface area contributed by atoms with E-state index in [2.05, 4.69) is 29.1 Å². The molecule has 0 radical (unpaired) electrons. The molecule has 0 bridgehead atoms. The fourth-order valence-corrected chi connectivity index (χ4v) is 2.77. The van der Waals surface area contributed by atoms with Gasteiger partial charge in [-0.2, -0.15) is 0 Å². The lowest BCUT2D eigenvalue weighted by atomic mass is 10.0. The van der Waals surface area contributed by atoms with Crippen molar-refractivity contribution in [2.45, 2.75) is 58.9 Å². The van der Waals surface area contributed by atoms with Crippen LogP contribution in [-0.2, 0) is 0 Å². The fraction of sp³-hybridized carbons (Fsp3) is 0.688. The Morgan fingerprint density at radius 1 is 1.48 bits per heavy atom. The first-order chi connectivity index (χ1) is 9.86. The Morgan fingerprint density at radius 2 is 2.19 bits per heavy atom. The fourth-order valence-electron chi connectivity index (χ4n) is 2.77. The van der Waals surface area contributed by atoms with E-state index in [0.29, 0.717) is 5.69 Å². The van der Waals surface area contributed by atoms with E-state index in [9.17, 15) is 4.79 Å². The molecule has 1 aromatic rings. The molecule has 1 fully saturated rings. The lowest BCUT2D eigenvalue weighted by Gasteiger charge is -2.31. The van der Waals surface area contributed by atoms with Gasteiger partial charge in [-0.1, -0.05) is 13.8 Å². The summed E-state index contributed by atoms with van der Waals surface area (Å²) in [4.78, 5) is 23.8. The van der Waals surface area contributed by atoms with E-state index in [1.165, 1.54) is 0 Å². The third kappa shape index (κ3) is 3.17. The van der Waals surface area contributed by atoms with Crippen molar-refractivity contribution < 1.29 is 4.79 Å². The molecule has 1 aliphatic heterocycles. The van der Waals surface area contributed by atoms with Gasteiger partial charge in [0.15, 0.2) is 5.69 Å². The Hall–Kier alpha value is -1.65. The van der Waals surface area contributed by atoms with Gasteiger partial charge in [0.1, 0.15) is 5.82 Å². The number of aromatic nitrogens is 2. The summed E-state index contributed by atoms with van der Waals surface area (Å²) >= 11 is 0. The average Bonchev–Trinajstić information content (AvgIpc) is 2.78. The van der Waals surface area contributed by atoms with Gasteiger partial charge in [-0.25, -0.2) is 9.97 Å². The van der Waals surface area contributed by atoms with Crippen molar-refractivity contribution in [3.05, 3.63) is 17.7 Å². The maximum atomic E-state index is 12.9. The number of anilines is 1. The molecule has 1 aromatic heterocycles. The molecule has 5 nitrogen and oxygen atoms in total. The zero-order valence-electron chi connectivity index (χ0n) is 13.7. The highest BCUT2D eigenvalue weighted by molar-refractivity contribution is 5.98. The second-order valence-corrected chi connectivity index (χ2v) is 6.55. The van der Waals surface area contributed by atoms with Crippen molar-refractivity contribution in [2.75, 3.05) is 18.4 Å². The molecule has 0 saturated carbocycles. The van der Waals surface area contributed by atoms with E-state index in [-0.39, 0.29) is 17.4 Å². The summed E-state index contributed by atoms with van der Waals surface area (Å²) in [6.07, 6.45) is 3.83. The van der Waals surface area contributed by atoms with E-state index in [1.54, 1.807) is 6.20 Å². The molecule has 0 unspecified atom stereocenters. The molecule has 2 heterocycles. The predicted molar refractivity (Wildman–Crippen MR) is 84.6 cm³/mol. The number of amides is 1. The monoisotopic (exact) mass is 290 g/mol. The quantitative estimate of drug-likeness (QED) is 0.926. The molecule has 116 valence electrons. The number of nitrogens with zero attached hydrogens (tertiary/aromatic N) is 3. The van der Waals surface area contributed by atoms with Crippen LogP contribution >= 0.6 is 0 Å². The van der Waals surface area contributed by atoms with Gasteiger partial charge >= 0.3 is 0 Å². The molecule has 5 heteroatoms. The summed E-state index contributed by atoms with van der Waals surface area (Å²) in [5, 5.41) is 3.20. The molecule has 0 aliphatic carbocycles. The summed E-state index contributed by atoms with van der Waals surface area (Å²) in [5.74, 6) is 0.938. The Labute approximate surface area is 127 Å². The molecular formula is C16H26N4O. The standard InChI is InChI=1S/C16H26N4O/c1-6-17-12-10-18-14(11(2)3)19-13(12)15(21)20-9-7-8-16(20,4)5/h10-11,17H,6-9H2,1-5H3. The number of nitrogens with one attached hydrogen (secondary N) is 1. The van der Waals surface area contributed by atoms with Crippen LogP contribution in [0.4, 0.5) is 5.69 Å². The van der Waals surface area contributed by atoms with Crippen molar-refractivity contribution >= 4 is 11.6 Å². The van der Waals surface area contributed by atoms with Gasteiger partial charge < -0.3 is 10.2 Å². The Morgan fingerprint density at radius 3 is 2.71 bits per heavy atom. The van der Waals surface area contributed by atoms with Gasteiger partial charge in [0.2, 0.25) is 0 Å². The first-order valence-electron chi connectivity index (χ1n) is 7.79. The number of hydrogen-bond acceptors (Lipinski definition) is 4. The van der Waals surface area contributed by atoms with Crippen LogP contribution < -0.4 is 5.32 Å². The number of hydrogen-bond donors (Lipinski definition) is 1. The number of likely N-dealkylation sites (tertiary alicyclic amines) is 1. The number of carbonyl (C=O) groups is 1. The summed E-state index contributed by atoms with van der Waals surface area (Å²) in [7, 11) is 0. The molecule has 1 saturated heterocycles. The summed E-state index contributed by atoms with van der Waals surface area (Å²) < 4.78 is 0. The highest BCUT2D eigenvalue weighted by atomic mass is 16.2. The van der Waals surface area contributed by atoms with E-state index >= 15 is 0 Å². The Balaban J connectivity index is 2.40. The molecule has 1 N–H and O–H groups in total. The largest absolute Gasteiger partial charge is 0.382 e. The van der Waals surface area contributed by atoms with Crippen LogP contribution in [0.3, 0.4) is 0 Å². The van der Waals surface area contributed by atoms with E-state index in [1.807, 2.05) is 25.7 Å². The summed E-state index contributed by atoms with van der Waals surface area (Å²) in [6, 6.07) is 0. The van der Waals surface area contributed by atoms with Crippen LogP contribution in [0.2, 0.25) is 0 Å². The average molecular weight is 290 g/mol. The maximum Gasteiger partial charge on any atom is 0.275 e. The first kappa shape index (κ1) is 15.7. The van der Waals surface area contributed by atoms with Crippen LogP contribution in [0.15, 0.2) is 6.20 Å². The number of rotatable bonds is 4. The van der Waals surface area contributed by atoms with Crippen LogP contribution in [-0.4, -0.2) is 39.4 Å². The van der Waals surface area contributed by atoms with Crippen molar-refractivity contribution in [1.82, 2.24) is 14.9 Å². The van der Waals surface area contributed by atoms with Gasteiger partial charge in [0.25, 0.3) is 5.91 Å². The smallest absolute Gasteiger partial charge is 0.275 e. The van der Waals surface area contributed by atoms with E-state index in [0.717, 1.165) is 37.4 Å². The minimum atomic E-state index is -0.0937. The van der Waals surface area contributed by atoms with E-state index in [4.69, 9.17) is 0 Å². The third-order valence-corrected chi connectivity index (χ3v) is 4.04. The van der Waals surface area contributed by atoms with Gasteiger partial charge in [-0.15, -0.1) is 0 Å². The molecule has 0 spiro atoms. The Kier molecular flexibility index (Phi) is 4.49. The van der Waals surface area contributed by atoms with Gasteiger partial charge in [-0.3, -0.25) is 4.79 Å². The molecule has 1 aliphatic rings. The van der Waals surface area contributed by atoms with Gasteiger partial charge in [0.05, 0.1) is 11.9 Å². The van der Waals surface area contributed by atoms with Crippen LogP contribution in [0.25, 0.3) is 0 Å². The SMILES string of the molecule is CCNc1cnc(C(C)C)nc1C(=O)N1CCCC1(C)C. The topological polar surface area (TPSA) is 58.1 Å². The Bertz CT molecular complexity index is 525. The third-order valence-electron chi connectivity index (χ3n) is 4.04. The molecule has 21 heavy (non-hydrogen) atoms. The summed E-state index contributed by atoms with van der Waals surface area (Å²) in [6.45, 7) is 11.9. The minimum Gasteiger partial charge on any atom is -0.382 e. The first-order valence-corrected chi connectivity index (χ1v) is 7.79. The van der Waals surface area contributed by atoms with Crippen molar-refractivity contribution in [3.8, 4) is 0 Å². The molecule has 1 amide bonds. The van der Waals surface area contributed by atoms with E-state index < -0.39 is 0 Å². The second-order valence-electron chi connectivity index (χ2n) is 6.55. The highest BCUT2D eigenvalue weighted by Gasteiger charge is 2.37. The second kappa shape index (κ2) is 6.00. The van der Waals surface area contributed by atoms with Crippen molar-refractivity contribution in [3.63, 3.8) is 0 Å². The lowest BCUT2D eigenvalue weighted by molar-refractivity contribution is 0.0646. The van der Waals surface area contributed by atoms with Crippen molar-refractivity contribution in [1.29, 1.82) is 0 Å². The minimum absolute atomic E-state index is 0.0118. The molecule has 0 atom stereocenters. The predicted octanol–water partition coefficient (Wildman–Crippen LogP) is 3.05. The number of carbonyl (C=O) groups excluding carboxylic acids is 1. The van der Waals surface area contributed by atoms with Gasteiger partial charge in [-0.05, 0) is 33.6 Å². The van der Waals surface area contributed by atoms with Crippen molar-refractivity contribution in [2.24, 2.45) is 0 Å². The molecule has 2 rings (SSSR count). The zero-order chi connectivity index (χ0) is 15.6. The highest BCUT2D eigenvalue weighted by Crippen LogP contribution is 2.31. The molecular weight excluding hydrogens is 264 g/mol. The van der Waals surface area contributed by atoms with Crippen LogP contribution in [0.5, 0.6) is 0 Å². The van der Waals surface area contributed by atoms with Gasteiger partial charge in [0, 0.05) is 24.5 Å². The lowest BCUT2D eigenvalue weighted by Crippen LogP contribution is -2.43. The van der Waals surface area contributed by atoms with Crippen LogP contribution in [0, 0.1) is 0 Å². The summed E-state index contributed by atoms with van der Waals surface area (Å²) in [5.41, 5.74) is 1.14. The molecule has 0 aromatic carbocycles. The zero-order valence-corrected chi connectivity index (χ0v) is 13.7. The normalized spacial score (nSPS) is 17.3. The maximum absolute atomic E-state index is 12.9.